The minimum absolute atomic E-state index is 0.106. The van der Waals surface area contributed by atoms with Crippen molar-refractivity contribution in [2.24, 2.45) is 0 Å². The first-order valence-corrected chi connectivity index (χ1v) is 7.70. The monoisotopic (exact) mass is 296 g/mol. The quantitative estimate of drug-likeness (QED) is 0.786. The molecule has 1 N–H and O–H groups in total. The fourth-order valence-electron chi connectivity index (χ4n) is 2.69. The highest BCUT2D eigenvalue weighted by Gasteiger charge is 2.13. The van der Waals surface area contributed by atoms with Crippen molar-refractivity contribution in [3.05, 3.63) is 63.6 Å². The molecule has 0 spiro atoms. The van der Waals surface area contributed by atoms with E-state index < -0.39 is 0 Å². The first kappa shape index (κ1) is 14.5. The maximum absolute atomic E-state index is 12.3. The second-order valence-electron chi connectivity index (χ2n) is 5.51. The van der Waals surface area contributed by atoms with Crippen molar-refractivity contribution in [2.45, 2.75) is 39.5 Å². The second-order valence-corrected chi connectivity index (χ2v) is 5.51. The number of nitrogens with zero attached hydrogens (tertiary/aromatic N) is 3. The van der Waals surface area contributed by atoms with E-state index in [1.54, 1.807) is 4.52 Å². The van der Waals surface area contributed by atoms with Crippen LogP contribution in [0.1, 0.15) is 36.3 Å². The van der Waals surface area contributed by atoms with Gasteiger partial charge in [0.05, 0.1) is 5.69 Å². The van der Waals surface area contributed by atoms with E-state index in [-0.39, 0.29) is 5.56 Å². The number of rotatable bonds is 5. The zero-order chi connectivity index (χ0) is 15.5. The summed E-state index contributed by atoms with van der Waals surface area (Å²) in [5, 5.41) is 4.59. The zero-order valence-electron chi connectivity index (χ0n) is 13.0. The number of hydrogen-bond donors (Lipinski definition) is 1. The third-order valence-corrected chi connectivity index (χ3v) is 3.76. The molecule has 0 unspecified atom stereocenters. The summed E-state index contributed by atoms with van der Waals surface area (Å²) in [6, 6.07) is 10.2. The van der Waals surface area contributed by atoms with E-state index in [4.69, 9.17) is 0 Å². The molecule has 0 radical (unpaired) electrons. The zero-order valence-corrected chi connectivity index (χ0v) is 13.0. The molecule has 0 aliphatic heterocycles. The molecule has 0 saturated carbocycles. The number of H-pyrrole nitrogens is 1. The minimum Gasteiger partial charge on any atom is -0.307 e. The van der Waals surface area contributed by atoms with Gasteiger partial charge in [0.15, 0.2) is 5.52 Å². The first-order chi connectivity index (χ1) is 10.7. The summed E-state index contributed by atoms with van der Waals surface area (Å²) in [7, 11) is 0. The third kappa shape index (κ3) is 2.79. The molecule has 114 valence electrons. The Bertz CT molecular complexity index is 833. The van der Waals surface area contributed by atoms with E-state index >= 15 is 0 Å². The number of hydrogen-bond acceptors (Lipinski definition) is 3. The highest BCUT2D eigenvalue weighted by molar-refractivity contribution is 5.49. The first-order valence-electron chi connectivity index (χ1n) is 7.70. The Labute approximate surface area is 129 Å². The van der Waals surface area contributed by atoms with Crippen LogP contribution >= 0.6 is 0 Å². The minimum atomic E-state index is -0.106. The summed E-state index contributed by atoms with van der Waals surface area (Å²) in [5.41, 5.74) is 2.44. The summed E-state index contributed by atoms with van der Waals surface area (Å²) in [6.45, 7) is 3.95. The molecule has 0 aliphatic carbocycles. The van der Waals surface area contributed by atoms with Crippen LogP contribution in [0.4, 0.5) is 0 Å². The molecule has 2 aromatic heterocycles. The summed E-state index contributed by atoms with van der Waals surface area (Å²) in [5.74, 6) is 1.57. The highest BCUT2D eigenvalue weighted by atomic mass is 16.1. The molecule has 5 heteroatoms. The van der Waals surface area contributed by atoms with Crippen LogP contribution < -0.4 is 5.56 Å². The molecule has 3 rings (SSSR count). The number of fused-ring (bicyclic) bond motifs is 1. The van der Waals surface area contributed by atoms with Gasteiger partial charge < -0.3 is 4.98 Å². The molecule has 0 atom stereocenters. The number of aromatic amines is 1. The molecule has 1 aromatic carbocycles. The van der Waals surface area contributed by atoms with Crippen molar-refractivity contribution in [3.63, 3.8) is 0 Å². The molecular weight excluding hydrogens is 276 g/mol. The SMILES string of the molecule is CCCc1nc(C)c2c(=O)[nH]c(CCc3ccccc3)nn12. The van der Waals surface area contributed by atoms with Crippen molar-refractivity contribution in [1.82, 2.24) is 19.6 Å². The molecule has 3 aromatic rings. The summed E-state index contributed by atoms with van der Waals surface area (Å²) < 4.78 is 1.72. The summed E-state index contributed by atoms with van der Waals surface area (Å²) >= 11 is 0. The number of nitrogens with one attached hydrogen (secondary N) is 1. The van der Waals surface area contributed by atoms with E-state index in [1.165, 1.54) is 5.56 Å². The molecular formula is C17H20N4O. The smallest absolute Gasteiger partial charge is 0.277 e. The lowest BCUT2D eigenvalue weighted by molar-refractivity contribution is 0.717. The average Bonchev–Trinajstić information content (AvgIpc) is 2.83. The van der Waals surface area contributed by atoms with Crippen molar-refractivity contribution in [2.75, 3.05) is 0 Å². The van der Waals surface area contributed by atoms with Crippen LogP contribution in [0.2, 0.25) is 0 Å². The standard InChI is InChI=1S/C17H20N4O/c1-3-7-15-18-12(2)16-17(22)19-14(20-21(15)16)11-10-13-8-5-4-6-9-13/h4-6,8-9H,3,7,10-11H2,1-2H3,(H,19,20,22). The van der Waals surface area contributed by atoms with Gasteiger partial charge in [0, 0.05) is 12.8 Å². The topological polar surface area (TPSA) is 63.0 Å². The molecule has 0 bridgehead atoms. The van der Waals surface area contributed by atoms with E-state index in [9.17, 15) is 4.79 Å². The lowest BCUT2D eigenvalue weighted by Crippen LogP contribution is -2.18. The van der Waals surface area contributed by atoms with Gasteiger partial charge in [-0.05, 0) is 25.3 Å². The Morgan fingerprint density at radius 3 is 2.64 bits per heavy atom. The Morgan fingerprint density at radius 1 is 1.14 bits per heavy atom. The lowest BCUT2D eigenvalue weighted by Gasteiger charge is -2.04. The maximum Gasteiger partial charge on any atom is 0.277 e. The van der Waals surface area contributed by atoms with Crippen LogP contribution in [-0.2, 0) is 19.3 Å². The van der Waals surface area contributed by atoms with Crippen molar-refractivity contribution >= 4 is 5.52 Å². The predicted molar refractivity (Wildman–Crippen MR) is 86.2 cm³/mol. The lowest BCUT2D eigenvalue weighted by atomic mass is 10.1. The predicted octanol–water partition coefficient (Wildman–Crippen LogP) is 2.46. The van der Waals surface area contributed by atoms with Gasteiger partial charge in [0.2, 0.25) is 0 Å². The average molecular weight is 296 g/mol. The van der Waals surface area contributed by atoms with Gasteiger partial charge in [0.1, 0.15) is 11.6 Å². The van der Waals surface area contributed by atoms with E-state index in [2.05, 4.69) is 34.1 Å². The van der Waals surface area contributed by atoms with Crippen molar-refractivity contribution in [3.8, 4) is 0 Å². The van der Waals surface area contributed by atoms with Gasteiger partial charge >= 0.3 is 0 Å². The van der Waals surface area contributed by atoms with Crippen LogP contribution in [0.25, 0.3) is 5.52 Å². The van der Waals surface area contributed by atoms with Gasteiger partial charge in [-0.3, -0.25) is 4.79 Å². The fraction of sp³-hybridized carbons (Fsp3) is 0.353. The van der Waals surface area contributed by atoms with E-state index in [0.29, 0.717) is 17.8 Å². The molecule has 5 nitrogen and oxygen atoms in total. The number of aromatic nitrogens is 4. The number of aryl methyl sites for hydroxylation is 4. The largest absolute Gasteiger partial charge is 0.307 e. The summed E-state index contributed by atoms with van der Waals surface area (Å²) in [6.07, 6.45) is 3.36. The molecule has 0 amide bonds. The van der Waals surface area contributed by atoms with Crippen LogP contribution in [0, 0.1) is 6.92 Å². The van der Waals surface area contributed by atoms with Gasteiger partial charge in [-0.1, -0.05) is 37.3 Å². The van der Waals surface area contributed by atoms with Gasteiger partial charge in [0.25, 0.3) is 5.56 Å². The van der Waals surface area contributed by atoms with Gasteiger partial charge in [-0.2, -0.15) is 5.10 Å². The molecule has 22 heavy (non-hydrogen) atoms. The summed E-state index contributed by atoms with van der Waals surface area (Å²) in [4.78, 5) is 19.7. The van der Waals surface area contributed by atoms with Crippen LogP contribution in [-0.4, -0.2) is 19.6 Å². The van der Waals surface area contributed by atoms with Crippen molar-refractivity contribution in [1.29, 1.82) is 0 Å². The van der Waals surface area contributed by atoms with Gasteiger partial charge in [-0.25, -0.2) is 9.50 Å². The number of imidazole rings is 1. The van der Waals surface area contributed by atoms with Crippen LogP contribution in [0.15, 0.2) is 35.1 Å². The Morgan fingerprint density at radius 2 is 1.91 bits per heavy atom. The third-order valence-electron chi connectivity index (χ3n) is 3.76. The van der Waals surface area contributed by atoms with E-state index in [1.807, 2.05) is 25.1 Å². The van der Waals surface area contributed by atoms with E-state index in [0.717, 1.165) is 30.8 Å². The Kier molecular flexibility index (Phi) is 4.04. The molecule has 0 saturated heterocycles. The number of benzene rings is 1. The molecule has 0 fully saturated rings. The van der Waals surface area contributed by atoms with Crippen LogP contribution in [0.3, 0.4) is 0 Å². The highest BCUT2D eigenvalue weighted by Crippen LogP contribution is 2.09. The van der Waals surface area contributed by atoms with Gasteiger partial charge in [-0.15, -0.1) is 0 Å². The maximum atomic E-state index is 12.3. The Hall–Kier alpha value is -2.43. The Balaban J connectivity index is 1.94. The van der Waals surface area contributed by atoms with Crippen LogP contribution in [0.5, 0.6) is 0 Å². The second kappa shape index (κ2) is 6.13. The normalized spacial score (nSPS) is 11.2. The molecule has 0 aliphatic rings. The van der Waals surface area contributed by atoms with Crippen molar-refractivity contribution < 1.29 is 0 Å². The molecule has 2 heterocycles. The fourth-order valence-corrected chi connectivity index (χ4v) is 2.69.